The van der Waals surface area contributed by atoms with E-state index in [1.165, 1.54) is 11.2 Å². The number of likely N-dealkylation sites (tertiary alicyclic amines) is 1. The number of aliphatic hydroxyl groups excluding tert-OH is 1. The molecule has 3 rings (SSSR count). The summed E-state index contributed by atoms with van der Waals surface area (Å²) in [6.45, 7) is 0.991. The molecule has 1 unspecified atom stereocenters. The third-order valence-electron chi connectivity index (χ3n) is 4.35. The number of carbonyl (C=O) groups is 1. The predicted octanol–water partition coefficient (Wildman–Crippen LogP) is 0.956. The highest BCUT2D eigenvalue weighted by molar-refractivity contribution is 5.64. The van der Waals surface area contributed by atoms with Gasteiger partial charge in [-0.2, -0.15) is 0 Å². The summed E-state index contributed by atoms with van der Waals surface area (Å²) >= 11 is 0. The molecule has 0 bridgehead atoms. The quantitative estimate of drug-likeness (QED) is 0.870. The summed E-state index contributed by atoms with van der Waals surface area (Å²) in [6.07, 6.45) is 2.17. The Labute approximate surface area is 133 Å². The monoisotopic (exact) mass is 317 g/mol. The minimum Gasteiger partial charge on any atom is -0.465 e. The van der Waals surface area contributed by atoms with E-state index < -0.39 is 12.2 Å². The Balaban J connectivity index is 1.56. The van der Waals surface area contributed by atoms with Gasteiger partial charge in [0.15, 0.2) is 0 Å². The highest BCUT2D eigenvalue weighted by Crippen LogP contribution is 2.23. The number of aliphatic hydroxyl groups is 1. The molecule has 0 saturated carbocycles. The SMILES string of the molecule is O=C(O)N1CCC(C(O)Cc2ccc(-n3cnnn3)cc2)CC1. The molecule has 1 atom stereocenters. The van der Waals surface area contributed by atoms with Gasteiger partial charge in [-0.3, -0.25) is 0 Å². The van der Waals surface area contributed by atoms with E-state index >= 15 is 0 Å². The van der Waals surface area contributed by atoms with Crippen LogP contribution in [0.5, 0.6) is 0 Å². The zero-order valence-corrected chi connectivity index (χ0v) is 12.6. The minimum atomic E-state index is -0.879. The Bertz CT molecular complexity index is 636. The average molecular weight is 317 g/mol. The van der Waals surface area contributed by atoms with Crippen LogP contribution in [0, 0.1) is 5.92 Å². The maximum absolute atomic E-state index is 10.9. The highest BCUT2D eigenvalue weighted by atomic mass is 16.4. The van der Waals surface area contributed by atoms with Gasteiger partial charge < -0.3 is 15.1 Å². The van der Waals surface area contributed by atoms with E-state index in [0.29, 0.717) is 32.4 Å². The number of rotatable bonds is 4. The summed E-state index contributed by atoms with van der Waals surface area (Å²) < 4.78 is 1.57. The molecule has 1 aliphatic rings. The topological polar surface area (TPSA) is 104 Å². The van der Waals surface area contributed by atoms with Crippen molar-refractivity contribution in [2.75, 3.05) is 13.1 Å². The summed E-state index contributed by atoms with van der Waals surface area (Å²) in [5.41, 5.74) is 1.90. The first-order chi connectivity index (χ1) is 11.1. The van der Waals surface area contributed by atoms with Crippen LogP contribution in [0.2, 0.25) is 0 Å². The Hall–Kier alpha value is -2.48. The molecule has 1 aliphatic heterocycles. The fourth-order valence-corrected chi connectivity index (χ4v) is 2.95. The number of piperidine rings is 1. The van der Waals surface area contributed by atoms with Gasteiger partial charge in [-0.15, -0.1) is 5.10 Å². The smallest absolute Gasteiger partial charge is 0.407 e. The summed E-state index contributed by atoms with van der Waals surface area (Å²) in [5.74, 6) is 0.143. The van der Waals surface area contributed by atoms with E-state index in [0.717, 1.165) is 11.3 Å². The minimum absolute atomic E-state index is 0.143. The fraction of sp³-hybridized carbons (Fsp3) is 0.467. The van der Waals surface area contributed by atoms with Gasteiger partial charge in [0.05, 0.1) is 11.8 Å². The number of hydrogen-bond acceptors (Lipinski definition) is 5. The normalized spacial score (nSPS) is 17.2. The maximum Gasteiger partial charge on any atom is 0.407 e. The lowest BCUT2D eigenvalue weighted by Crippen LogP contribution is -2.40. The second-order valence-electron chi connectivity index (χ2n) is 5.80. The van der Waals surface area contributed by atoms with Gasteiger partial charge in [0.1, 0.15) is 6.33 Å². The maximum atomic E-state index is 10.9. The first-order valence-corrected chi connectivity index (χ1v) is 7.61. The zero-order valence-electron chi connectivity index (χ0n) is 12.6. The number of amides is 1. The number of aromatic nitrogens is 4. The lowest BCUT2D eigenvalue weighted by atomic mass is 9.88. The molecule has 2 aromatic rings. The molecule has 0 aliphatic carbocycles. The number of carboxylic acid groups (broad SMARTS) is 1. The molecule has 2 heterocycles. The molecule has 1 saturated heterocycles. The van der Waals surface area contributed by atoms with Crippen molar-refractivity contribution < 1.29 is 15.0 Å². The lowest BCUT2D eigenvalue weighted by Gasteiger charge is -2.32. The molecule has 23 heavy (non-hydrogen) atoms. The summed E-state index contributed by atoms with van der Waals surface area (Å²) in [5, 5.41) is 30.4. The number of nitrogens with zero attached hydrogens (tertiary/aromatic N) is 5. The van der Waals surface area contributed by atoms with Crippen LogP contribution < -0.4 is 0 Å². The zero-order chi connectivity index (χ0) is 16.2. The largest absolute Gasteiger partial charge is 0.465 e. The molecular weight excluding hydrogens is 298 g/mol. The van der Waals surface area contributed by atoms with Gasteiger partial charge in [-0.05, 0) is 53.3 Å². The van der Waals surface area contributed by atoms with E-state index in [4.69, 9.17) is 5.11 Å². The molecule has 1 amide bonds. The number of benzene rings is 1. The molecule has 0 radical (unpaired) electrons. The second-order valence-corrected chi connectivity index (χ2v) is 5.80. The number of hydrogen-bond donors (Lipinski definition) is 2. The first-order valence-electron chi connectivity index (χ1n) is 7.61. The van der Waals surface area contributed by atoms with Crippen molar-refractivity contribution in [3.05, 3.63) is 36.2 Å². The van der Waals surface area contributed by atoms with Crippen molar-refractivity contribution >= 4 is 6.09 Å². The van der Waals surface area contributed by atoms with Gasteiger partial charge in [-0.1, -0.05) is 12.1 Å². The van der Waals surface area contributed by atoms with Crippen molar-refractivity contribution in [3.8, 4) is 5.69 Å². The average Bonchev–Trinajstić information content (AvgIpc) is 3.10. The van der Waals surface area contributed by atoms with E-state index in [9.17, 15) is 9.90 Å². The van der Waals surface area contributed by atoms with Crippen LogP contribution in [-0.2, 0) is 6.42 Å². The fourth-order valence-electron chi connectivity index (χ4n) is 2.95. The standard InChI is InChI=1S/C15H19N5O3/c21-14(12-5-7-19(8-6-12)15(22)23)9-11-1-3-13(4-2-11)20-10-16-17-18-20/h1-4,10,12,14,21H,5-9H2,(H,22,23). The van der Waals surface area contributed by atoms with Crippen LogP contribution >= 0.6 is 0 Å². The molecular formula is C15H19N5O3. The van der Waals surface area contributed by atoms with Gasteiger partial charge >= 0.3 is 6.09 Å². The molecule has 122 valence electrons. The van der Waals surface area contributed by atoms with Crippen molar-refractivity contribution in [1.82, 2.24) is 25.1 Å². The van der Waals surface area contributed by atoms with Crippen LogP contribution in [0.3, 0.4) is 0 Å². The van der Waals surface area contributed by atoms with Crippen molar-refractivity contribution in [2.45, 2.75) is 25.4 Å². The van der Waals surface area contributed by atoms with Gasteiger partial charge in [0.25, 0.3) is 0 Å². The van der Waals surface area contributed by atoms with Crippen LogP contribution in [0.15, 0.2) is 30.6 Å². The third kappa shape index (κ3) is 3.65. The Morgan fingerprint density at radius 1 is 1.26 bits per heavy atom. The van der Waals surface area contributed by atoms with Gasteiger partial charge in [0.2, 0.25) is 0 Å². The number of tetrazole rings is 1. The van der Waals surface area contributed by atoms with Crippen LogP contribution in [0.25, 0.3) is 5.69 Å². The molecule has 1 fully saturated rings. The van der Waals surface area contributed by atoms with Gasteiger partial charge in [-0.25, -0.2) is 9.48 Å². The van der Waals surface area contributed by atoms with E-state index in [-0.39, 0.29) is 5.92 Å². The van der Waals surface area contributed by atoms with Crippen LogP contribution in [-0.4, -0.2) is 60.6 Å². The van der Waals surface area contributed by atoms with Crippen molar-refractivity contribution in [3.63, 3.8) is 0 Å². The molecule has 2 N–H and O–H groups in total. The van der Waals surface area contributed by atoms with E-state index in [2.05, 4.69) is 15.5 Å². The first kappa shape index (κ1) is 15.4. The van der Waals surface area contributed by atoms with Crippen LogP contribution in [0.1, 0.15) is 18.4 Å². The Morgan fingerprint density at radius 3 is 2.52 bits per heavy atom. The van der Waals surface area contributed by atoms with E-state index in [1.807, 2.05) is 24.3 Å². The van der Waals surface area contributed by atoms with E-state index in [1.54, 1.807) is 4.68 Å². The molecule has 1 aromatic heterocycles. The molecule has 8 heteroatoms. The molecule has 1 aromatic carbocycles. The Morgan fingerprint density at radius 2 is 1.96 bits per heavy atom. The van der Waals surface area contributed by atoms with Crippen molar-refractivity contribution in [1.29, 1.82) is 0 Å². The molecule has 8 nitrogen and oxygen atoms in total. The van der Waals surface area contributed by atoms with Crippen LogP contribution in [0.4, 0.5) is 4.79 Å². The van der Waals surface area contributed by atoms with Gasteiger partial charge in [0, 0.05) is 13.1 Å². The Kier molecular flexibility index (Phi) is 4.52. The highest BCUT2D eigenvalue weighted by Gasteiger charge is 2.27. The second kappa shape index (κ2) is 6.74. The summed E-state index contributed by atoms with van der Waals surface area (Å²) in [6, 6.07) is 7.72. The summed E-state index contributed by atoms with van der Waals surface area (Å²) in [4.78, 5) is 12.3. The van der Waals surface area contributed by atoms with Crippen molar-refractivity contribution in [2.24, 2.45) is 5.92 Å². The predicted molar refractivity (Wildman–Crippen MR) is 81.2 cm³/mol. The summed E-state index contributed by atoms with van der Waals surface area (Å²) in [7, 11) is 0. The lowest BCUT2D eigenvalue weighted by molar-refractivity contribution is 0.0582. The third-order valence-corrected chi connectivity index (χ3v) is 4.35. The molecule has 0 spiro atoms.